The van der Waals surface area contributed by atoms with E-state index in [0.717, 1.165) is 52.8 Å². The summed E-state index contributed by atoms with van der Waals surface area (Å²) in [5, 5.41) is 0.800. The molecule has 138 valence electrons. The highest BCUT2D eigenvalue weighted by atomic mass is 32.2. The van der Waals surface area contributed by atoms with E-state index in [4.69, 9.17) is 0 Å². The number of nitrogens with one attached hydrogen (secondary N) is 1. The van der Waals surface area contributed by atoms with Gasteiger partial charge >= 0.3 is 0 Å². The average molecular weight is 380 g/mol. The Kier molecular flexibility index (Phi) is 5.26. The Bertz CT molecular complexity index is 974. The Labute approximate surface area is 161 Å². The van der Waals surface area contributed by atoms with Crippen molar-refractivity contribution in [3.05, 3.63) is 64.1 Å². The van der Waals surface area contributed by atoms with Crippen molar-refractivity contribution < 1.29 is 0 Å². The molecule has 0 unspecified atom stereocenters. The second-order valence-corrected chi connectivity index (χ2v) is 7.57. The molecule has 0 aliphatic carbocycles. The topological polar surface area (TPSA) is 87.7 Å². The van der Waals surface area contributed by atoms with Crippen molar-refractivity contribution in [1.29, 1.82) is 0 Å². The first-order valence-corrected chi connectivity index (χ1v) is 9.90. The van der Waals surface area contributed by atoms with E-state index in [1.807, 2.05) is 24.5 Å². The van der Waals surface area contributed by atoms with Crippen molar-refractivity contribution in [3.63, 3.8) is 0 Å². The van der Waals surface area contributed by atoms with Gasteiger partial charge in [0, 0.05) is 62.0 Å². The van der Waals surface area contributed by atoms with E-state index in [1.165, 1.54) is 0 Å². The predicted octanol–water partition coefficient (Wildman–Crippen LogP) is 2.29. The Morgan fingerprint density at radius 3 is 2.74 bits per heavy atom. The van der Waals surface area contributed by atoms with Crippen molar-refractivity contribution in [1.82, 2.24) is 29.8 Å². The normalized spacial score (nSPS) is 14.1. The molecular formula is C19H20N6OS. The van der Waals surface area contributed by atoms with E-state index < -0.39 is 0 Å². The first-order chi connectivity index (χ1) is 13.2. The summed E-state index contributed by atoms with van der Waals surface area (Å²) in [6, 6.07) is 3.70. The fourth-order valence-electron chi connectivity index (χ4n) is 3.15. The van der Waals surface area contributed by atoms with Crippen molar-refractivity contribution in [2.45, 2.75) is 31.6 Å². The summed E-state index contributed by atoms with van der Waals surface area (Å²) in [7, 11) is 0. The van der Waals surface area contributed by atoms with Crippen LogP contribution in [0.4, 0.5) is 0 Å². The highest BCUT2D eigenvalue weighted by Gasteiger charge is 2.21. The first kappa shape index (κ1) is 17.8. The van der Waals surface area contributed by atoms with Crippen LogP contribution in [-0.4, -0.2) is 42.1 Å². The van der Waals surface area contributed by atoms with Crippen molar-refractivity contribution in [2.24, 2.45) is 0 Å². The fourth-order valence-corrected chi connectivity index (χ4v) is 3.66. The van der Waals surface area contributed by atoms with Crippen LogP contribution in [0, 0.1) is 0 Å². The summed E-state index contributed by atoms with van der Waals surface area (Å²) >= 11 is 1.63. The van der Waals surface area contributed by atoms with Crippen LogP contribution in [0.15, 0.2) is 46.9 Å². The molecule has 4 heterocycles. The van der Waals surface area contributed by atoms with Crippen molar-refractivity contribution >= 4 is 11.8 Å². The standard InChI is InChI=1S/C19H20N6OS/c1-2-27-19-21-9-13(10-22-19)11-25-8-5-16-15(12-25)18(26)24-17(23-16)14-3-6-20-7-4-14/h3-4,6-7,9-10H,2,5,8,11-12H2,1H3,(H,23,24,26). The third-order valence-corrected chi connectivity index (χ3v) is 5.22. The molecule has 1 aliphatic rings. The molecule has 3 aromatic rings. The number of fused-ring (bicyclic) bond motifs is 1. The largest absolute Gasteiger partial charge is 0.306 e. The van der Waals surface area contributed by atoms with Crippen LogP contribution in [-0.2, 0) is 19.5 Å². The molecule has 0 saturated heterocycles. The molecule has 0 radical (unpaired) electrons. The summed E-state index contributed by atoms with van der Waals surface area (Å²) in [4.78, 5) is 35.2. The van der Waals surface area contributed by atoms with Gasteiger partial charge in [-0.1, -0.05) is 18.7 Å². The van der Waals surface area contributed by atoms with E-state index in [1.54, 1.807) is 24.2 Å². The Hall–Kier alpha value is -2.58. The van der Waals surface area contributed by atoms with E-state index in [9.17, 15) is 4.79 Å². The summed E-state index contributed by atoms with van der Waals surface area (Å²) < 4.78 is 0. The van der Waals surface area contributed by atoms with Crippen LogP contribution in [0.1, 0.15) is 23.7 Å². The third-order valence-electron chi connectivity index (χ3n) is 4.46. The highest BCUT2D eigenvalue weighted by Crippen LogP contribution is 2.19. The lowest BCUT2D eigenvalue weighted by Gasteiger charge is -2.27. The number of rotatable bonds is 5. The summed E-state index contributed by atoms with van der Waals surface area (Å²) in [6.45, 7) is 4.24. The maximum atomic E-state index is 12.6. The van der Waals surface area contributed by atoms with Gasteiger partial charge in [-0.3, -0.25) is 14.7 Å². The summed E-state index contributed by atoms with van der Waals surface area (Å²) in [5.74, 6) is 1.56. The maximum Gasteiger partial charge on any atom is 0.255 e. The van der Waals surface area contributed by atoms with E-state index in [-0.39, 0.29) is 5.56 Å². The minimum atomic E-state index is -0.0672. The second kappa shape index (κ2) is 7.98. The van der Waals surface area contributed by atoms with Gasteiger partial charge in [0.25, 0.3) is 5.56 Å². The van der Waals surface area contributed by atoms with E-state index in [0.29, 0.717) is 12.4 Å². The van der Waals surface area contributed by atoms with Crippen molar-refractivity contribution in [2.75, 3.05) is 12.3 Å². The van der Waals surface area contributed by atoms with Gasteiger partial charge in [-0.05, 0) is 17.9 Å². The van der Waals surface area contributed by atoms with Crippen LogP contribution in [0.3, 0.4) is 0 Å². The zero-order valence-corrected chi connectivity index (χ0v) is 15.9. The molecule has 1 N–H and O–H groups in total. The molecule has 0 fully saturated rings. The van der Waals surface area contributed by atoms with E-state index >= 15 is 0 Å². The van der Waals surface area contributed by atoms with Crippen LogP contribution in [0.5, 0.6) is 0 Å². The van der Waals surface area contributed by atoms with Crippen LogP contribution in [0.25, 0.3) is 11.4 Å². The molecule has 0 saturated carbocycles. The monoisotopic (exact) mass is 380 g/mol. The van der Waals surface area contributed by atoms with Crippen LogP contribution < -0.4 is 5.56 Å². The molecule has 3 aromatic heterocycles. The lowest BCUT2D eigenvalue weighted by Crippen LogP contribution is -2.35. The van der Waals surface area contributed by atoms with Crippen LogP contribution >= 0.6 is 11.8 Å². The minimum absolute atomic E-state index is 0.0672. The van der Waals surface area contributed by atoms with Gasteiger partial charge in [-0.2, -0.15) is 0 Å². The molecule has 0 aromatic carbocycles. The van der Waals surface area contributed by atoms with Gasteiger partial charge in [0.2, 0.25) is 0 Å². The number of H-pyrrole nitrogens is 1. The van der Waals surface area contributed by atoms with Gasteiger partial charge in [-0.15, -0.1) is 0 Å². The zero-order valence-electron chi connectivity index (χ0n) is 15.1. The SMILES string of the molecule is CCSc1ncc(CN2CCc3nc(-c4ccncc4)[nH]c(=O)c3C2)cn1. The first-order valence-electron chi connectivity index (χ1n) is 8.91. The Morgan fingerprint density at radius 2 is 2.00 bits per heavy atom. The number of pyridine rings is 1. The van der Waals surface area contributed by atoms with E-state index in [2.05, 4.69) is 36.7 Å². The molecule has 1 aliphatic heterocycles. The predicted molar refractivity (Wildman–Crippen MR) is 104 cm³/mol. The molecule has 0 spiro atoms. The van der Waals surface area contributed by atoms with Gasteiger partial charge < -0.3 is 4.98 Å². The molecular weight excluding hydrogens is 360 g/mol. The number of nitrogens with zero attached hydrogens (tertiary/aromatic N) is 5. The molecule has 27 heavy (non-hydrogen) atoms. The molecule has 4 rings (SSSR count). The number of hydrogen-bond acceptors (Lipinski definition) is 7. The third kappa shape index (κ3) is 4.06. The number of hydrogen-bond donors (Lipinski definition) is 1. The lowest BCUT2D eigenvalue weighted by molar-refractivity contribution is 0.241. The minimum Gasteiger partial charge on any atom is -0.306 e. The van der Waals surface area contributed by atoms with Crippen LogP contribution in [0.2, 0.25) is 0 Å². The Balaban J connectivity index is 1.51. The maximum absolute atomic E-state index is 12.6. The van der Waals surface area contributed by atoms with Gasteiger partial charge in [0.1, 0.15) is 5.82 Å². The second-order valence-electron chi connectivity index (χ2n) is 6.34. The van der Waals surface area contributed by atoms with Crippen molar-refractivity contribution in [3.8, 4) is 11.4 Å². The molecule has 7 nitrogen and oxygen atoms in total. The molecule has 0 bridgehead atoms. The summed E-state index contributed by atoms with van der Waals surface area (Å²) in [6.07, 6.45) is 7.89. The smallest absolute Gasteiger partial charge is 0.255 e. The number of thioether (sulfide) groups is 1. The highest BCUT2D eigenvalue weighted by molar-refractivity contribution is 7.99. The zero-order chi connectivity index (χ0) is 18.6. The molecule has 0 atom stereocenters. The van der Waals surface area contributed by atoms with Gasteiger partial charge in [0.15, 0.2) is 5.16 Å². The lowest BCUT2D eigenvalue weighted by atomic mass is 10.1. The van der Waals surface area contributed by atoms with Gasteiger partial charge in [-0.25, -0.2) is 15.0 Å². The molecule has 8 heteroatoms. The average Bonchev–Trinajstić information content (AvgIpc) is 2.71. The quantitative estimate of drug-likeness (QED) is 0.537. The Morgan fingerprint density at radius 1 is 1.22 bits per heavy atom. The fraction of sp³-hybridized carbons (Fsp3) is 0.316. The number of aromatic amines is 1. The molecule has 0 amide bonds. The summed E-state index contributed by atoms with van der Waals surface area (Å²) in [5.41, 5.74) is 3.49. The van der Waals surface area contributed by atoms with Gasteiger partial charge in [0.05, 0.1) is 11.3 Å². The number of aromatic nitrogens is 5.